The lowest BCUT2D eigenvalue weighted by Gasteiger charge is -2.50. The largest absolute Gasteiger partial charge is 0.313 e. The lowest BCUT2D eigenvalue weighted by atomic mass is 9.69. The quantitative estimate of drug-likeness (QED) is 0.818. The molecule has 0 radical (unpaired) electrons. The Morgan fingerprint density at radius 3 is 3.00 bits per heavy atom. The first-order valence-corrected chi connectivity index (χ1v) is 9.30. The summed E-state index contributed by atoms with van der Waals surface area (Å²) in [5.41, 5.74) is 4.54. The molecule has 5 nitrogen and oxygen atoms in total. The van der Waals surface area contributed by atoms with Gasteiger partial charge < -0.3 is 4.57 Å². The molecule has 4 rings (SSSR count). The molecule has 0 amide bonds. The van der Waals surface area contributed by atoms with Crippen molar-refractivity contribution in [2.24, 2.45) is 22.9 Å². The summed E-state index contributed by atoms with van der Waals surface area (Å²) >= 11 is 3.87. The molecule has 6 unspecified atom stereocenters. The molecule has 1 fully saturated rings. The Morgan fingerprint density at radius 2 is 2.27 bits per heavy atom. The highest BCUT2D eigenvalue weighted by Gasteiger charge is 2.50. The molecular formula is C16H24BrN5. The van der Waals surface area contributed by atoms with E-state index in [4.69, 9.17) is 4.98 Å². The molecule has 3 heterocycles. The fourth-order valence-electron chi connectivity index (χ4n) is 4.75. The fraction of sp³-hybridized carbons (Fsp3) is 0.750. The van der Waals surface area contributed by atoms with E-state index in [1.165, 1.54) is 24.4 Å². The van der Waals surface area contributed by atoms with Crippen LogP contribution in [0.25, 0.3) is 0 Å². The Morgan fingerprint density at radius 1 is 1.45 bits per heavy atom. The van der Waals surface area contributed by atoms with E-state index < -0.39 is 0 Å². The third kappa shape index (κ3) is 1.95. The van der Waals surface area contributed by atoms with Gasteiger partial charge >= 0.3 is 0 Å². The summed E-state index contributed by atoms with van der Waals surface area (Å²) in [6.07, 6.45) is 7.78. The third-order valence-electron chi connectivity index (χ3n) is 5.65. The van der Waals surface area contributed by atoms with Crippen molar-refractivity contribution in [3.63, 3.8) is 0 Å². The Kier molecular flexibility index (Phi) is 3.47. The van der Waals surface area contributed by atoms with Crippen LogP contribution in [0.4, 0.5) is 5.82 Å². The molecular weight excluding hydrogens is 342 g/mol. The van der Waals surface area contributed by atoms with E-state index in [9.17, 15) is 0 Å². The van der Waals surface area contributed by atoms with Crippen molar-refractivity contribution in [3.05, 3.63) is 12.0 Å². The summed E-state index contributed by atoms with van der Waals surface area (Å²) < 4.78 is 2.44. The number of rotatable bonds is 2. The van der Waals surface area contributed by atoms with Crippen LogP contribution in [0, 0.1) is 17.8 Å². The third-order valence-corrected chi connectivity index (χ3v) is 6.33. The smallest absolute Gasteiger partial charge is 0.139 e. The van der Waals surface area contributed by atoms with Crippen LogP contribution in [0.1, 0.15) is 45.3 Å². The zero-order chi connectivity index (χ0) is 15.4. The number of hydrogen-bond donors (Lipinski definition) is 1. The van der Waals surface area contributed by atoms with Gasteiger partial charge in [-0.05, 0) is 31.1 Å². The van der Waals surface area contributed by atoms with Crippen molar-refractivity contribution in [1.82, 2.24) is 15.0 Å². The second-order valence-corrected chi connectivity index (χ2v) is 8.52. The van der Waals surface area contributed by atoms with Crippen LogP contribution in [-0.2, 0) is 6.42 Å². The van der Waals surface area contributed by atoms with Gasteiger partial charge in [0, 0.05) is 16.8 Å². The average Bonchev–Trinajstić information content (AvgIpc) is 3.12. The number of aromatic nitrogens is 2. The molecule has 1 aliphatic carbocycles. The van der Waals surface area contributed by atoms with Crippen LogP contribution >= 0.6 is 15.9 Å². The highest BCUT2D eigenvalue weighted by atomic mass is 79.9. The number of nitrogens with one attached hydrogen (secondary N) is 1. The van der Waals surface area contributed by atoms with Gasteiger partial charge in [0.2, 0.25) is 0 Å². The molecule has 0 saturated heterocycles. The van der Waals surface area contributed by atoms with Crippen LogP contribution in [-0.4, -0.2) is 26.9 Å². The van der Waals surface area contributed by atoms with Crippen LogP contribution in [0.3, 0.4) is 0 Å². The zero-order valence-corrected chi connectivity index (χ0v) is 15.0. The highest BCUT2D eigenvalue weighted by molar-refractivity contribution is 9.09. The second-order valence-electron chi connectivity index (χ2n) is 7.07. The Balaban J connectivity index is 1.84. The molecule has 6 heteroatoms. The van der Waals surface area contributed by atoms with Crippen LogP contribution in [0.2, 0.25) is 0 Å². The van der Waals surface area contributed by atoms with Gasteiger partial charge in [0.05, 0.1) is 12.0 Å². The van der Waals surface area contributed by atoms with Crippen molar-refractivity contribution in [2.45, 2.75) is 57.1 Å². The predicted molar refractivity (Wildman–Crippen MR) is 92.3 cm³/mol. The fourth-order valence-corrected chi connectivity index (χ4v) is 5.28. The van der Waals surface area contributed by atoms with Gasteiger partial charge in [0.25, 0.3) is 0 Å². The number of hydrazone groups is 1. The lowest BCUT2D eigenvalue weighted by Crippen LogP contribution is -2.55. The zero-order valence-electron chi connectivity index (χ0n) is 13.4. The highest BCUT2D eigenvalue weighted by Crippen LogP contribution is 2.51. The van der Waals surface area contributed by atoms with Crippen LogP contribution < -0.4 is 10.3 Å². The van der Waals surface area contributed by atoms with E-state index in [0.717, 1.165) is 12.3 Å². The number of nitrogens with zero attached hydrogens (tertiary/aromatic N) is 4. The van der Waals surface area contributed by atoms with E-state index in [1.54, 1.807) is 0 Å². The Labute approximate surface area is 140 Å². The van der Waals surface area contributed by atoms with Gasteiger partial charge in [0.1, 0.15) is 18.3 Å². The van der Waals surface area contributed by atoms with Crippen LogP contribution in [0.15, 0.2) is 11.4 Å². The molecule has 22 heavy (non-hydrogen) atoms. The minimum atomic E-state index is 0.288. The first-order valence-electron chi connectivity index (χ1n) is 8.38. The summed E-state index contributed by atoms with van der Waals surface area (Å²) in [6, 6.07) is 0.504. The molecule has 0 aromatic carbocycles. The molecule has 6 atom stereocenters. The average molecular weight is 366 g/mol. The molecule has 1 saturated carbocycles. The van der Waals surface area contributed by atoms with Gasteiger partial charge in [-0.2, -0.15) is 5.10 Å². The van der Waals surface area contributed by atoms with Gasteiger partial charge in [-0.3, -0.25) is 10.3 Å². The summed E-state index contributed by atoms with van der Waals surface area (Å²) in [6.45, 7) is 6.86. The number of hydrogen-bond acceptors (Lipinski definition) is 4. The maximum absolute atomic E-state index is 4.70. The Hall–Kier alpha value is -1.04. The number of fused-ring (bicyclic) bond motifs is 6. The summed E-state index contributed by atoms with van der Waals surface area (Å²) in [5.74, 6) is 3.21. The number of anilines is 1. The van der Waals surface area contributed by atoms with Crippen molar-refractivity contribution < 1.29 is 0 Å². The number of alkyl halides is 1. The van der Waals surface area contributed by atoms with E-state index in [1.807, 2.05) is 6.34 Å². The Bertz CT molecular complexity index is 595. The second kappa shape index (κ2) is 5.25. The molecule has 3 aliphatic rings. The lowest BCUT2D eigenvalue weighted by molar-refractivity contribution is 0.0840. The van der Waals surface area contributed by atoms with Gasteiger partial charge in [-0.1, -0.05) is 36.7 Å². The normalized spacial score (nSPS) is 37.3. The maximum Gasteiger partial charge on any atom is 0.139 e. The molecule has 2 aliphatic heterocycles. The number of halogens is 1. The van der Waals surface area contributed by atoms with Crippen molar-refractivity contribution in [3.8, 4) is 0 Å². The van der Waals surface area contributed by atoms with Gasteiger partial charge in [-0.15, -0.1) is 0 Å². The summed E-state index contributed by atoms with van der Waals surface area (Å²) in [7, 11) is 0. The van der Waals surface area contributed by atoms with Crippen molar-refractivity contribution >= 4 is 28.1 Å². The standard InChI is InChI=1S/C16H24BrN5/c1-4-13-16-21(7-18-13)14-11(10(3)17)5-9(2)6-12(14)15-20-19-8-22(15)16/h7-12,14-15,20H,4-6H2,1-3H3. The number of aryl methyl sites for hydroxylation is 1. The number of imidazole rings is 1. The monoisotopic (exact) mass is 365 g/mol. The van der Waals surface area contributed by atoms with Crippen molar-refractivity contribution in [1.29, 1.82) is 0 Å². The SMILES string of the molecule is CCc1ncn2c1N1C=NNC1C1CC(C)CC(C(C)Br)C12. The van der Waals surface area contributed by atoms with Gasteiger partial charge in [-0.25, -0.2) is 4.98 Å². The molecule has 1 aromatic heterocycles. The molecule has 1 aromatic rings. The van der Waals surface area contributed by atoms with E-state index in [-0.39, 0.29) is 6.17 Å². The molecule has 1 N–H and O–H groups in total. The first-order chi connectivity index (χ1) is 10.6. The van der Waals surface area contributed by atoms with E-state index >= 15 is 0 Å². The molecule has 120 valence electrons. The molecule has 0 spiro atoms. The van der Waals surface area contributed by atoms with Crippen LogP contribution in [0.5, 0.6) is 0 Å². The van der Waals surface area contributed by atoms with E-state index in [2.05, 4.69) is 63.0 Å². The first kappa shape index (κ1) is 14.5. The molecule has 0 bridgehead atoms. The topological polar surface area (TPSA) is 45.5 Å². The van der Waals surface area contributed by atoms with Crippen molar-refractivity contribution in [2.75, 3.05) is 4.90 Å². The maximum atomic E-state index is 4.70. The minimum Gasteiger partial charge on any atom is -0.313 e. The van der Waals surface area contributed by atoms with Gasteiger partial charge in [0.15, 0.2) is 0 Å². The summed E-state index contributed by atoms with van der Waals surface area (Å²) in [5, 5.41) is 4.37. The summed E-state index contributed by atoms with van der Waals surface area (Å²) in [4.78, 5) is 7.51. The minimum absolute atomic E-state index is 0.288. The predicted octanol–water partition coefficient (Wildman–Crippen LogP) is 3.12. The van der Waals surface area contributed by atoms with E-state index in [0.29, 0.717) is 22.7 Å².